The summed E-state index contributed by atoms with van der Waals surface area (Å²) in [5.74, 6) is 1.69. The van der Waals surface area contributed by atoms with Crippen molar-refractivity contribution in [2.24, 2.45) is 11.8 Å². The fourth-order valence-corrected chi connectivity index (χ4v) is 6.81. The molecule has 1 heterocycles. The summed E-state index contributed by atoms with van der Waals surface area (Å²) in [7, 11) is 0. The van der Waals surface area contributed by atoms with Crippen molar-refractivity contribution in [2.75, 3.05) is 32.7 Å². The van der Waals surface area contributed by atoms with Crippen LogP contribution >= 0.6 is 0 Å². The van der Waals surface area contributed by atoms with Gasteiger partial charge in [-0.05, 0) is 66.5 Å². The number of hydrogen-bond acceptors (Lipinski definition) is 5. The molecule has 3 aromatic carbocycles. The Hall–Kier alpha value is -3.68. The minimum absolute atomic E-state index is 0.00214. The van der Waals surface area contributed by atoms with Crippen LogP contribution in [0.25, 0.3) is 0 Å². The van der Waals surface area contributed by atoms with E-state index in [0.29, 0.717) is 38.0 Å². The van der Waals surface area contributed by atoms with E-state index in [1.54, 1.807) is 0 Å². The van der Waals surface area contributed by atoms with Crippen molar-refractivity contribution in [1.29, 1.82) is 0 Å². The Labute approximate surface area is 282 Å². The van der Waals surface area contributed by atoms with Gasteiger partial charge in [-0.2, -0.15) is 0 Å². The van der Waals surface area contributed by atoms with Crippen LogP contribution in [0, 0.1) is 11.8 Å². The molecule has 0 aromatic heterocycles. The number of carbonyl (C=O) groups excluding carboxylic acids is 2. The number of ether oxygens (including phenoxy) is 1. The molecule has 2 fully saturated rings. The summed E-state index contributed by atoms with van der Waals surface area (Å²) in [6, 6.07) is 27.6. The highest BCUT2D eigenvalue weighted by atomic mass is 16.5. The Morgan fingerprint density at radius 1 is 0.766 bits per heavy atom. The molecule has 2 aliphatic rings. The molecule has 252 valence electrons. The molecule has 1 saturated heterocycles. The molecule has 0 spiro atoms. The normalized spacial score (nSPS) is 17.3. The summed E-state index contributed by atoms with van der Waals surface area (Å²) < 4.78 is 6.00. The van der Waals surface area contributed by atoms with Crippen LogP contribution in [0.1, 0.15) is 69.1 Å². The third-order valence-corrected chi connectivity index (χ3v) is 9.56. The van der Waals surface area contributed by atoms with E-state index in [-0.39, 0.29) is 17.9 Å². The highest BCUT2D eigenvalue weighted by molar-refractivity contribution is 5.90. The molecule has 2 atom stereocenters. The van der Waals surface area contributed by atoms with Crippen molar-refractivity contribution >= 4 is 11.8 Å². The number of amides is 2. The van der Waals surface area contributed by atoms with Gasteiger partial charge in [-0.15, -0.1) is 0 Å². The largest absolute Gasteiger partial charge is 0.489 e. The smallest absolute Gasteiger partial charge is 0.245 e. The minimum atomic E-state index is -0.634. The van der Waals surface area contributed by atoms with Gasteiger partial charge >= 0.3 is 0 Å². The fraction of sp³-hybridized carbons (Fsp3) is 0.500. The summed E-state index contributed by atoms with van der Waals surface area (Å²) in [6.45, 7) is 9.48. The minimum Gasteiger partial charge on any atom is -0.489 e. The second kappa shape index (κ2) is 18.0. The maximum absolute atomic E-state index is 14.1. The first-order valence-corrected chi connectivity index (χ1v) is 17.8. The molecule has 2 amide bonds. The predicted octanol–water partition coefficient (Wildman–Crippen LogP) is 6.22. The molecule has 5 rings (SSSR count). The molecule has 47 heavy (non-hydrogen) atoms. The Kier molecular flexibility index (Phi) is 13.3. The average Bonchev–Trinajstić information content (AvgIpc) is 3.10. The van der Waals surface area contributed by atoms with Gasteiger partial charge in [0.1, 0.15) is 18.4 Å². The standard InChI is InChI=1S/C40H54N4O3/c1-31(2)26-37(41-28-33-12-6-3-7-13-33)39(45)42-38(27-32-18-20-36(21-19-32)47-30-35-16-10-5-11-17-35)40(46)44-24-22-43(23-25-44)29-34-14-8-4-9-15-34/h4-5,8-11,14-21,31,33,37-38,41H,3,6-7,12-13,22-30H2,1-2H3,(H,42,45)/t37-,38-/m0/s1. The van der Waals surface area contributed by atoms with Crippen LogP contribution in [0.15, 0.2) is 84.9 Å². The van der Waals surface area contributed by atoms with Gasteiger partial charge in [0, 0.05) is 39.1 Å². The molecule has 7 nitrogen and oxygen atoms in total. The van der Waals surface area contributed by atoms with E-state index in [1.165, 1.54) is 37.7 Å². The summed E-state index contributed by atoms with van der Waals surface area (Å²) in [4.78, 5) is 32.4. The molecule has 7 heteroatoms. The molecule has 0 unspecified atom stereocenters. The van der Waals surface area contributed by atoms with Crippen molar-refractivity contribution < 1.29 is 14.3 Å². The van der Waals surface area contributed by atoms with Gasteiger partial charge in [0.15, 0.2) is 0 Å². The second-order valence-electron chi connectivity index (χ2n) is 13.9. The van der Waals surface area contributed by atoms with Crippen molar-refractivity contribution in [2.45, 2.75) is 84.0 Å². The van der Waals surface area contributed by atoms with Crippen LogP contribution in [0.3, 0.4) is 0 Å². The van der Waals surface area contributed by atoms with Crippen molar-refractivity contribution in [3.8, 4) is 5.75 Å². The number of benzene rings is 3. The Morgan fingerprint density at radius 3 is 2.04 bits per heavy atom. The average molecular weight is 639 g/mol. The van der Waals surface area contributed by atoms with Gasteiger partial charge in [0.2, 0.25) is 11.8 Å². The SMILES string of the molecule is CC(C)C[C@H](NCC1CCCCC1)C(=O)N[C@@H](Cc1ccc(OCc2ccccc2)cc1)C(=O)N1CCN(Cc2ccccc2)CC1. The highest BCUT2D eigenvalue weighted by Crippen LogP contribution is 2.23. The topological polar surface area (TPSA) is 73.9 Å². The second-order valence-corrected chi connectivity index (χ2v) is 13.9. The number of carbonyl (C=O) groups is 2. The van der Waals surface area contributed by atoms with Gasteiger partial charge in [-0.1, -0.05) is 106 Å². The highest BCUT2D eigenvalue weighted by Gasteiger charge is 2.31. The molecule has 1 saturated carbocycles. The Bertz CT molecular complexity index is 1350. The molecular formula is C40H54N4O3. The summed E-state index contributed by atoms with van der Waals surface area (Å²) >= 11 is 0. The van der Waals surface area contributed by atoms with Crippen LogP contribution in [0.2, 0.25) is 0 Å². The van der Waals surface area contributed by atoms with E-state index >= 15 is 0 Å². The van der Waals surface area contributed by atoms with Crippen molar-refractivity contribution in [3.05, 3.63) is 102 Å². The van der Waals surface area contributed by atoms with Crippen molar-refractivity contribution in [3.63, 3.8) is 0 Å². The molecule has 1 aliphatic heterocycles. The number of nitrogens with zero attached hydrogens (tertiary/aromatic N) is 2. The van der Waals surface area contributed by atoms with Gasteiger partial charge < -0.3 is 20.3 Å². The quantitative estimate of drug-likeness (QED) is 0.207. The molecule has 0 bridgehead atoms. The Morgan fingerprint density at radius 2 is 1.40 bits per heavy atom. The third kappa shape index (κ3) is 11.2. The van der Waals surface area contributed by atoms with Crippen molar-refractivity contribution in [1.82, 2.24) is 20.4 Å². The molecule has 2 N–H and O–H groups in total. The molecular weight excluding hydrogens is 584 g/mol. The molecule has 3 aromatic rings. The predicted molar refractivity (Wildman–Crippen MR) is 189 cm³/mol. The number of hydrogen-bond donors (Lipinski definition) is 2. The maximum atomic E-state index is 14.1. The zero-order valence-corrected chi connectivity index (χ0v) is 28.4. The van der Waals surface area contributed by atoms with Crippen LogP contribution in [0.4, 0.5) is 0 Å². The third-order valence-electron chi connectivity index (χ3n) is 9.56. The maximum Gasteiger partial charge on any atom is 0.245 e. The summed E-state index contributed by atoms with van der Waals surface area (Å²) in [6.07, 6.45) is 7.50. The zero-order chi connectivity index (χ0) is 32.8. The van der Waals surface area contributed by atoms with E-state index in [1.807, 2.05) is 65.6 Å². The van der Waals surface area contributed by atoms with Crippen LogP contribution in [-0.4, -0.2) is 66.4 Å². The monoisotopic (exact) mass is 638 g/mol. The van der Waals surface area contributed by atoms with Crippen LogP contribution in [-0.2, 0) is 29.2 Å². The first-order chi connectivity index (χ1) is 22.9. The van der Waals surface area contributed by atoms with E-state index in [2.05, 4.69) is 53.6 Å². The van der Waals surface area contributed by atoms with Gasteiger partial charge in [-0.25, -0.2) is 0 Å². The Balaban J connectivity index is 1.24. The fourth-order valence-electron chi connectivity index (χ4n) is 6.81. The lowest BCUT2D eigenvalue weighted by molar-refractivity contribution is -0.138. The van der Waals surface area contributed by atoms with Crippen LogP contribution < -0.4 is 15.4 Å². The van der Waals surface area contributed by atoms with E-state index in [4.69, 9.17) is 4.74 Å². The lowest BCUT2D eigenvalue weighted by Gasteiger charge is -2.37. The van der Waals surface area contributed by atoms with E-state index in [9.17, 15) is 9.59 Å². The number of rotatable bonds is 15. The van der Waals surface area contributed by atoms with Gasteiger partial charge in [-0.3, -0.25) is 14.5 Å². The van der Waals surface area contributed by atoms with Crippen LogP contribution in [0.5, 0.6) is 5.75 Å². The lowest BCUT2D eigenvalue weighted by Crippen LogP contribution is -2.58. The molecule has 0 radical (unpaired) electrons. The molecule has 1 aliphatic carbocycles. The summed E-state index contributed by atoms with van der Waals surface area (Å²) in [5, 5.41) is 6.84. The number of piperazine rings is 1. The first-order valence-electron chi connectivity index (χ1n) is 17.8. The van der Waals surface area contributed by atoms with E-state index < -0.39 is 6.04 Å². The lowest BCUT2D eigenvalue weighted by atomic mass is 9.89. The zero-order valence-electron chi connectivity index (χ0n) is 28.4. The van der Waals surface area contributed by atoms with E-state index in [0.717, 1.165) is 49.5 Å². The summed E-state index contributed by atoms with van der Waals surface area (Å²) in [5.41, 5.74) is 3.39. The number of nitrogens with one attached hydrogen (secondary N) is 2. The van der Waals surface area contributed by atoms with Gasteiger partial charge in [0.05, 0.1) is 6.04 Å². The van der Waals surface area contributed by atoms with Gasteiger partial charge in [0.25, 0.3) is 0 Å². The first kappa shape index (κ1) is 34.6.